The first kappa shape index (κ1) is 14.2. The average molecular weight is 251 g/mol. The molecule has 1 heterocycles. The van der Waals surface area contributed by atoms with E-state index in [2.05, 4.69) is 4.98 Å². The van der Waals surface area contributed by atoms with Gasteiger partial charge in [0.2, 0.25) is 0 Å². The van der Waals surface area contributed by atoms with E-state index in [4.69, 9.17) is 9.47 Å². The van der Waals surface area contributed by atoms with Gasteiger partial charge in [0.05, 0.1) is 23.3 Å². The van der Waals surface area contributed by atoms with Gasteiger partial charge in [-0.05, 0) is 33.8 Å². The Kier molecular flexibility index (Phi) is 4.83. The van der Waals surface area contributed by atoms with Gasteiger partial charge < -0.3 is 9.47 Å². The smallest absolute Gasteiger partial charge is 0.340 e. The molecular formula is C13H17NO4. The molecule has 0 bridgehead atoms. The van der Waals surface area contributed by atoms with Gasteiger partial charge in [-0.3, -0.25) is 4.98 Å². The Morgan fingerprint density at radius 2 is 1.50 bits per heavy atom. The lowest BCUT2D eigenvalue weighted by molar-refractivity contribution is 0.0327. The third kappa shape index (κ3) is 3.84. The minimum absolute atomic E-state index is 0.122. The second kappa shape index (κ2) is 6.14. The number of rotatable bonds is 4. The molecule has 98 valence electrons. The Bertz CT molecular complexity index is 399. The maximum absolute atomic E-state index is 11.8. The number of carbonyl (C=O) groups excluding carboxylic acids is 2. The highest BCUT2D eigenvalue weighted by atomic mass is 16.5. The molecule has 0 aliphatic heterocycles. The summed E-state index contributed by atoms with van der Waals surface area (Å²) in [6.07, 6.45) is 2.23. The average Bonchev–Trinajstić information content (AvgIpc) is 2.27. The largest absolute Gasteiger partial charge is 0.459 e. The van der Waals surface area contributed by atoms with Crippen LogP contribution in [-0.4, -0.2) is 29.1 Å². The highest BCUT2D eigenvalue weighted by Crippen LogP contribution is 2.12. The zero-order valence-corrected chi connectivity index (χ0v) is 11.0. The molecule has 5 nitrogen and oxygen atoms in total. The van der Waals surface area contributed by atoms with Crippen LogP contribution in [0.2, 0.25) is 0 Å². The van der Waals surface area contributed by atoms with Crippen molar-refractivity contribution in [3.8, 4) is 0 Å². The van der Waals surface area contributed by atoms with Crippen LogP contribution in [0.15, 0.2) is 18.5 Å². The molecule has 0 unspecified atom stereocenters. The van der Waals surface area contributed by atoms with Crippen molar-refractivity contribution in [2.75, 3.05) is 0 Å². The van der Waals surface area contributed by atoms with Crippen molar-refractivity contribution >= 4 is 11.9 Å². The van der Waals surface area contributed by atoms with E-state index in [0.717, 1.165) is 0 Å². The highest BCUT2D eigenvalue weighted by molar-refractivity contribution is 6.02. The second-order valence-corrected chi connectivity index (χ2v) is 4.33. The maximum Gasteiger partial charge on any atom is 0.340 e. The van der Waals surface area contributed by atoms with E-state index in [1.807, 2.05) is 0 Å². The number of carbonyl (C=O) groups is 2. The van der Waals surface area contributed by atoms with Crippen molar-refractivity contribution in [3.05, 3.63) is 29.6 Å². The van der Waals surface area contributed by atoms with E-state index >= 15 is 0 Å². The van der Waals surface area contributed by atoms with Crippen molar-refractivity contribution in [1.82, 2.24) is 4.98 Å². The quantitative estimate of drug-likeness (QED) is 0.767. The summed E-state index contributed by atoms with van der Waals surface area (Å²) in [5, 5.41) is 0. The van der Waals surface area contributed by atoms with Gasteiger partial charge in [-0.25, -0.2) is 9.59 Å². The zero-order chi connectivity index (χ0) is 13.7. The zero-order valence-electron chi connectivity index (χ0n) is 11.0. The third-order valence-electron chi connectivity index (χ3n) is 1.95. The number of pyridine rings is 1. The molecule has 0 saturated heterocycles. The molecule has 0 spiro atoms. The molecule has 1 rings (SSSR count). The van der Waals surface area contributed by atoms with Crippen molar-refractivity contribution < 1.29 is 19.1 Å². The summed E-state index contributed by atoms with van der Waals surface area (Å²) in [5.74, 6) is -1.13. The minimum Gasteiger partial charge on any atom is -0.459 e. The van der Waals surface area contributed by atoms with E-state index in [-0.39, 0.29) is 23.3 Å². The Hall–Kier alpha value is -1.91. The van der Waals surface area contributed by atoms with Crippen molar-refractivity contribution in [2.24, 2.45) is 0 Å². The summed E-state index contributed by atoms with van der Waals surface area (Å²) in [4.78, 5) is 27.4. The fraction of sp³-hybridized carbons (Fsp3) is 0.462. The Morgan fingerprint density at radius 3 is 2.00 bits per heavy atom. The van der Waals surface area contributed by atoms with E-state index < -0.39 is 11.9 Å². The predicted molar refractivity (Wildman–Crippen MR) is 65.3 cm³/mol. The van der Waals surface area contributed by atoms with Crippen LogP contribution in [0.1, 0.15) is 48.4 Å². The normalized spacial score (nSPS) is 10.6. The number of nitrogens with zero attached hydrogens (tertiary/aromatic N) is 1. The molecule has 0 atom stereocenters. The van der Waals surface area contributed by atoms with Crippen LogP contribution in [0.5, 0.6) is 0 Å². The van der Waals surface area contributed by atoms with Crippen LogP contribution >= 0.6 is 0 Å². The molecule has 0 fully saturated rings. The van der Waals surface area contributed by atoms with E-state index in [9.17, 15) is 9.59 Å². The van der Waals surface area contributed by atoms with E-state index in [0.29, 0.717) is 0 Å². The molecule has 0 radical (unpaired) electrons. The minimum atomic E-state index is -0.575. The van der Waals surface area contributed by atoms with Gasteiger partial charge in [-0.1, -0.05) is 0 Å². The molecule has 0 amide bonds. The van der Waals surface area contributed by atoms with Crippen LogP contribution in [0, 0.1) is 0 Å². The SMILES string of the molecule is CC(C)OC(=O)c1ccncc1C(=O)OC(C)C. The third-order valence-corrected chi connectivity index (χ3v) is 1.95. The first-order valence-electron chi connectivity index (χ1n) is 5.77. The van der Waals surface area contributed by atoms with Crippen molar-refractivity contribution in [2.45, 2.75) is 39.9 Å². The summed E-state index contributed by atoms with van der Waals surface area (Å²) in [7, 11) is 0. The fourth-order valence-electron chi connectivity index (χ4n) is 1.29. The maximum atomic E-state index is 11.8. The lowest BCUT2D eigenvalue weighted by atomic mass is 10.1. The highest BCUT2D eigenvalue weighted by Gasteiger charge is 2.20. The number of hydrogen-bond acceptors (Lipinski definition) is 5. The topological polar surface area (TPSA) is 65.5 Å². The molecule has 5 heteroatoms. The van der Waals surface area contributed by atoms with Gasteiger partial charge in [0, 0.05) is 12.4 Å². The van der Waals surface area contributed by atoms with Gasteiger partial charge >= 0.3 is 11.9 Å². The van der Waals surface area contributed by atoms with E-state index in [1.165, 1.54) is 18.5 Å². The molecule has 1 aromatic heterocycles. The molecule has 0 saturated carbocycles. The molecule has 0 aliphatic carbocycles. The van der Waals surface area contributed by atoms with Gasteiger partial charge in [-0.15, -0.1) is 0 Å². The van der Waals surface area contributed by atoms with Crippen LogP contribution in [0.4, 0.5) is 0 Å². The summed E-state index contributed by atoms with van der Waals surface area (Å²) in [6.45, 7) is 6.96. The van der Waals surface area contributed by atoms with Crippen LogP contribution in [0.3, 0.4) is 0 Å². The number of esters is 2. The first-order valence-corrected chi connectivity index (χ1v) is 5.77. The lowest BCUT2D eigenvalue weighted by Gasteiger charge is -2.12. The Balaban J connectivity index is 2.99. The number of hydrogen-bond donors (Lipinski definition) is 0. The van der Waals surface area contributed by atoms with Gasteiger partial charge in [0.25, 0.3) is 0 Å². The molecular weight excluding hydrogens is 234 g/mol. The van der Waals surface area contributed by atoms with E-state index in [1.54, 1.807) is 27.7 Å². The van der Waals surface area contributed by atoms with Crippen LogP contribution in [-0.2, 0) is 9.47 Å². The Morgan fingerprint density at radius 1 is 1.00 bits per heavy atom. The monoisotopic (exact) mass is 251 g/mol. The van der Waals surface area contributed by atoms with Gasteiger partial charge in [0.1, 0.15) is 0 Å². The molecule has 0 N–H and O–H groups in total. The molecule has 18 heavy (non-hydrogen) atoms. The van der Waals surface area contributed by atoms with Gasteiger partial charge in [0.15, 0.2) is 0 Å². The van der Waals surface area contributed by atoms with Gasteiger partial charge in [-0.2, -0.15) is 0 Å². The predicted octanol–water partition coefficient (Wildman–Crippen LogP) is 2.21. The number of aromatic nitrogens is 1. The molecule has 0 aliphatic rings. The fourth-order valence-corrected chi connectivity index (χ4v) is 1.29. The summed E-state index contributed by atoms with van der Waals surface area (Å²) < 4.78 is 10.1. The lowest BCUT2D eigenvalue weighted by Crippen LogP contribution is -2.19. The summed E-state index contributed by atoms with van der Waals surface area (Å²) in [5.41, 5.74) is 0.293. The second-order valence-electron chi connectivity index (χ2n) is 4.33. The summed E-state index contributed by atoms with van der Waals surface area (Å²) >= 11 is 0. The Labute approximate surface area is 106 Å². The number of ether oxygens (including phenoxy) is 2. The molecule has 0 aromatic carbocycles. The summed E-state index contributed by atoms with van der Waals surface area (Å²) in [6, 6.07) is 1.45. The van der Waals surface area contributed by atoms with Crippen molar-refractivity contribution in [3.63, 3.8) is 0 Å². The van der Waals surface area contributed by atoms with Crippen LogP contribution < -0.4 is 0 Å². The van der Waals surface area contributed by atoms with Crippen molar-refractivity contribution in [1.29, 1.82) is 0 Å². The van der Waals surface area contributed by atoms with Crippen LogP contribution in [0.25, 0.3) is 0 Å². The standard InChI is InChI=1S/C13H17NO4/c1-8(2)17-12(15)10-5-6-14-7-11(10)13(16)18-9(3)4/h5-9H,1-4H3. The molecule has 1 aromatic rings. The first-order chi connectivity index (χ1) is 8.41.